The molecule has 0 unspecified atom stereocenters. The second-order valence-corrected chi connectivity index (χ2v) is 6.54. The molecular formula is C21H19N4O5+. The van der Waals surface area contributed by atoms with Crippen LogP contribution in [-0.4, -0.2) is 51.9 Å². The molecule has 9 nitrogen and oxygen atoms in total. The number of rotatable bonds is 3. The topological polar surface area (TPSA) is 122 Å². The largest absolute Gasteiger partial charge is 0.451 e. The minimum absolute atomic E-state index is 0.169. The van der Waals surface area contributed by atoms with Gasteiger partial charge in [0.25, 0.3) is 11.7 Å². The van der Waals surface area contributed by atoms with Crippen molar-refractivity contribution in [2.24, 2.45) is 10.7 Å². The molecule has 0 saturated carbocycles. The molecule has 3 rings (SSSR count). The summed E-state index contributed by atoms with van der Waals surface area (Å²) in [7, 11) is 1.28. The Hall–Kier alpha value is -4.14. The van der Waals surface area contributed by atoms with Crippen molar-refractivity contribution in [2.45, 2.75) is 13.8 Å². The number of carbonyl (C=O) groups is 4. The summed E-state index contributed by atoms with van der Waals surface area (Å²) in [6.45, 7) is 2.94. The zero-order valence-electron chi connectivity index (χ0n) is 16.6. The highest BCUT2D eigenvalue weighted by molar-refractivity contribution is 6.68. The van der Waals surface area contributed by atoms with Crippen LogP contribution < -0.4 is 10.5 Å². The van der Waals surface area contributed by atoms with Gasteiger partial charge in [0, 0.05) is 12.5 Å². The standard InChI is InChI=1S/C21H18N4O5/c1-12-11-14(9-10-16(12)30-13(2)26)19(27)23-17-18(22)25(15-7-5-4-6-8-15)21(29)24(3)20(17)28/h4-11,22H,1-3H3/p+1. The number of nitrogens with zero attached hydrogens (tertiary/aromatic N) is 3. The van der Waals surface area contributed by atoms with Gasteiger partial charge in [-0.3, -0.25) is 9.59 Å². The summed E-state index contributed by atoms with van der Waals surface area (Å²) >= 11 is 0. The smallest absolute Gasteiger partial charge is 0.426 e. The number of ether oxygens (including phenoxy) is 1. The van der Waals surface area contributed by atoms with Crippen molar-refractivity contribution in [2.75, 3.05) is 7.05 Å². The summed E-state index contributed by atoms with van der Waals surface area (Å²) in [4.78, 5) is 53.7. The molecule has 0 spiro atoms. The molecule has 0 aliphatic carbocycles. The Kier molecular flexibility index (Phi) is 5.54. The minimum atomic E-state index is -0.786. The molecular weight excluding hydrogens is 388 g/mol. The van der Waals surface area contributed by atoms with Crippen molar-refractivity contribution in [3.05, 3.63) is 59.7 Å². The summed E-state index contributed by atoms with van der Waals surface area (Å²) in [5.41, 5.74) is 6.87. The predicted octanol–water partition coefficient (Wildman–Crippen LogP) is 1.79. The summed E-state index contributed by atoms with van der Waals surface area (Å²) in [6.07, 6.45) is 0. The number of hydrogen-bond acceptors (Lipinski definition) is 6. The number of esters is 1. The molecule has 0 fully saturated rings. The average molecular weight is 407 g/mol. The zero-order chi connectivity index (χ0) is 22.0. The van der Waals surface area contributed by atoms with Gasteiger partial charge in [-0.15, -0.1) is 0 Å². The minimum Gasteiger partial charge on any atom is -0.426 e. The summed E-state index contributed by atoms with van der Waals surface area (Å²) in [5.74, 6) is -1.93. The van der Waals surface area contributed by atoms with Crippen LogP contribution in [0.1, 0.15) is 22.8 Å². The molecule has 1 aliphatic heterocycles. The van der Waals surface area contributed by atoms with E-state index in [1.54, 1.807) is 37.3 Å². The highest BCUT2D eigenvalue weighted by Gasteiger charge is 2.42. The molecule has 2 aromatic carbocycles. The number of amidine groups is 1. The number of aryl methyl sites for hydroxylation is 1. The fraction of sp³-hybridized carbons (Fsp3) is 0.143. The third-order valence-corrected chi connectivity index (χ3v) is 4.37. The van der Waals surface area contributed by atoms with Crippen LogP contribution in [0.4, 0.5) is 10.5 Å². The van der Waals surface area contributed by atoms with Crippen LogP contribution in [0.25, 0.3) is 0 Å². The molecule has 2 N–H and O–H groups in total. The molecule has 2 aromatic rings. The molecule has 9 heteroatoms. The molecule has 1 aliphatic rings. The Morgan fingerprint density at radius 3 is 2.37 bits per heavy atom. The number of hydrogen-bond donors (Lipinski definition) is 1. The molecule has 1 heterocycles. The molecule has 30 heavy (non-hydrogen) atoms. The third kappa shape index (κ3) is 3.86. The van der Waals surface area contributed by atoms with Crippen LogP contribution >= 0.6 is 0 Å². The van der Waals surface area contributed by atoms with Crippen LogP contribution in [0.2, 0.25) is 0 Å². The molecule has 4 amide bonds. The van der Waals surface area contributed by atoms with Crippen molar-refractivity contribution in [3.8, 4) is 5.75 Å². The van der Waals surface area contributed by atoms with E-state index in [2.05, 4.69) is 4.99 Å². The second-order valence-electron chi connectivity index (χ2n) is 6.54. The van der Waals surface area contributed by atoms with Gasteiger partial charge in [0.05, 0.1) is 7.05 Å². The molecule has 0 atom stereocenters. The fourth-order valence-corrected chi connectivity index (χ4v) is 2.86. The van der Waals surface area contributed by atoms with E-state index in [1.165, 1.54) is 32.2 Å². The molecule has 0 bridgehead atoms. The fourth-order valence-electron chi connectivity index (χ4n) is 2.86. The summed E-state index contributed by atoms with van der Waals surface area (Å²) in [5, 5.41) is 0. The Balaban J connectivity index is 2.04. The Morgan fingerprint density at radius 2 is 1.77 bits per heavy atom. The maximum absolute atomic E-state index is 12.7. The molecule has 152 valence electrons. The van der Waals surface area contributed by atoms with Gasteiger partial charge >= 0.3 is 17.9 Å². The Bertz CT molecular complexity index is 1140. The second kappa shape index (κ2) is 8.08. The first-order chi connectivity index (χ1) is 14.2. The van der Waals surface area contributed by atoms with E-state index in [-0.39, 0.29) is 17.1 Å². The lowest BCUT2D eigenvalue weighted by Gasteiger charge is -2.20. The van der Waals surface area contributed by atoms with Gasteiger partial charge in [-0.25, -0.2) is 9.59 Å². The zero-order valence-corrected chi connectivity index (χ0v) is 16.6. The van der Waals surface area contributed by atoms with Crippen molar-refractivity contribution >= 4 is 41.0 Å². The van der Waals surface area contributed by atoms with Gasteiger partial charge in [-0.1, -0.05) is 18.2 Å². The number of carbonyl (C=O) groups excluding carboxylic acids is 4. The van der Waals surface area contributed by atoms with Crippen molar-refractivity contribution < 1.29 is 28.5 Å². The normalized spacial score (nSPS) is 15.6. The van der Waals surface area contributed by atoms with Gasteiger partial charge in [0.15, 0.2) is 0 Å². The quantitative estimate of drug-likeness (QED) is 0.470. The Morgan fingerprint density at radius 1 is 1.10 bits per heavy atom. The monoisotopic (exact) mass is 407 g/mol. The van der Waals surface area contributed by atoms with Crippen molar-refractivity contribution in [1.82, 2.24) is 4.90 Å². The van der Waals surface area contributed by atoms with E-state index in [9.17, 15) is 19.2 Å². The van der Waals surface area contributed by atoms with E-state index in [4.69, 9.17) is 10.5 Å². The SMILES string of the molecule is CC(=O)Oc1ccc(C(=O)N=C2C(=O)N(C)C(=O)[N+](c3ccccc3)=C2N)cc1C. The molecule has 0 aromatic heterocycles. The number of aliphatic imine (C=N–C) groups is 1. The van der Waals surface area contributed by atoms with Crippen molar-refractivity contribution in [3.63, 3.8) is 0 Å². The predicted molar refractivity (Wildman–Crippen MR) is 108 cm³/mol. The maximum Gasteiger partial charge on any atom is 0.451 e. The summed E-state index contributed by atoms with van der Waals surface area (Å²) < 4.78 is 6.15. The first kappa shape index (κ1) is 20.6. The number of imide groups is 1. The van der Waals surface area contributed by atoms with Crippen molar-refractivity contribution in [1.29, 1.82) is 0 Å². The highest BCUT2D eigenvalue weighted by atomic mass is 16.5. The van der Waals surface area contributed by atoms with Crippen LogP contribution in [0.15, 0.2) is 53.5 Å². The number of urea groups is 1. The average Bonchev–Trinajstić information content (AvgIpc) is 2.71. The van der Waals surface area contributed by atoms with Gasteiger partial charge in [-0.2, -0.15) is 14.5 Å². The van der Waals surface area contributed by atoms with E-state index in [1.807, 2.05) is 0 Å². The van der Waals surface area contributed by atoms with Crippen LogP contribution in [0.5, 0.6) is 5.75 Å². The lowest BCUT2D eigenvalue weighted by atomic mass is 10.1. The molecule has 0 saturated heterocycles. The number of benzene rings is 2. The number of para-hydroxylation sites is 1. The van der Waals surface area contributed by atoms with Gasteiger partial charge in [-0.05, 0) is 42.8 Å². The molecule has 0 radical (unpaired) electrons. The first-order valence-electron chi connectivity index (χ1n) is 8.92. The van der Waals surface area contributed by atoms with Crippen LogP contribution in [-0.2, 0) is 9.59 Å². The lowest BCUT2D eigenvalue weighted by Crippen LogP contribution is -2.55. The lowest BCUT2D eigenvalue weighted by molar-refractivity contribution is -0.342. The van der Waals surface area contributed by atoms with E-state index in [0.29, 0.717) is 17.0 Å². The number of amides is 4. The van der Waals surface area contributed by atoms with Crippen LogP contribution in [0.3, 0.4) is 0 Å². The summed E-state index contributed by atoms with van der Waals surface area (Å²) in [6, 6.07) is 12.2. The van der Waals surface area contributed by atoms with E-state index < -0.39 is 23.8 Å². The number of nitrogens with two attached hydrogens (primary N) is 1. The van der Waals surface area contributed by atoms with Gasteiger partial charge in [0.1, 0.15) is 11.4 Å². The third-order valence-electron chi connectivity index (χ3n) is 4.37. The van der Waals surface area contributed by atoms with E-state index >= 15 is 0 Å². The van der Waals surface area contributed by atoms with Gasteiger partial charge in [0.2, 0.25) is 5.71 Å². The highest BCUT2D eigenvalue weighted by Crippen LogP contribution is 2.21. The van der Waals surface area contributed by atoms with Crippen LogP contribution in [0, 0.1) is 6.92 Å². The first-order valence-corrected chi connectivity index (χ1v) is 8.92. The Labute approximate surface area is 172 Å². The van der Waals surface area contributed by atoms with Gasteiger partial charge < -0.3 is 10.5 Å². The van der Waals surface area contributed by atoms with E-state index in [0.717, 1.165) is 9.48 Å². The maximum atomic E-state index is 12.7.